The summed E-state index contributed by atoms with van der Waals surface area (Å²) in [6.07, 6.45) is 0. The van der Waals surface area contributed by atoms with Crippen molar-refractivity contribution in [3.8, 4) is 5.88 Å². The summed E-state index contributed by atoms with van der Waals surface area (Å²) in [6.45, 7) is 5.33. The maximum absolute atomic E-state index is 6.00. The largest absolute Gasteiger partial charge is 0.477 e. The van der Waals surface area contributed by atoms with Crippen molar-refractivity contribution in [2.45, 2.75) is 6.92 Å². The molecule has 0 spiro atoms. The van der Waals surface area contributed by atoms with Crippen molar-refractivity contribution in [1.82, 2.24) is 19.7 Å². The minimum atomic E-state index is 0.373. The van der Waals surface area contributed by atoms with Gasteiger partial charge in [0, 0.05) is 20.1 Å². The Labute approximate surface area is 116 Å². The standard InChI is InChI=1S/C12H18N6O2/c1-3-20-11-9-8(16-17(11)2)10(13)15-12(14-9)18-4-6-19-7-5-18/h3-7H2,1-2H3,(H2,13,14,15). The maximum atomic E-state index is 6.00. The fraction of sp³-hybridized carbons (Fsp3) is 0.583. The summed E-state index contributed by atoms with van der Waals surface area (Å²) in [4.78, 5) is 11.0. The summed E-state index contributed by atoms with van der Waals surface area (Å²) in [6, 6.07) is 0. The van der Waals surface area contributed by atoms with Crippen molar-refractivity contribution >= 4 is 22.8 Å². The first-order valence-electron chi connectivity index (χ1n) is 6.66. The molecule has 2 N–H and O–H groups in total. The van der Waals surface area contributed by atoms with E-state index < -0.39 is 0 Å². The van der Waals surface area contributed by atoms with Crippen LogP contribution in [0.25, 0.3) is 11.0 Å². The fourth-order valence-corrected chi connectivity index (χ4v) is 2.26. The number of hydrogen-bond acceptors (Lipinski definition) is 7. The van der Waals surface area contributed by atoms with Crippen LogP contribution in [-0.2, 0) is 11.8 Å². The zero-order valence-corrected chi connectivity index (χ0v) is 11.7. The van der Waals surface area contributed by atoms with E-state index in [1.54, 1.807) is 11.7 Å². The Bertz CT molecular complexity index is 620. The van der Waals surface area contributed by atoms with Gasteiger partial charge in [-0.2, -0.15) is 10.1 Å². The summed E-state index contributed by atoms with van der Waals surface area (Å²) < 4.78 is 12.6. The SMILES string of the molecule is CCOc1c2nc(N3CCOCC3)nc(N)c2nn1C. The molecule has 8 heteroatoms. The van der Waals surface area contributed by atoms with Crippen molar-refractivity contribution in [3.05, 3.63) is 0 Å². The zero-order chi connectivity index (χ0) is 14.1. The van der Waals surface area contributed by atoms with E-state index in [2.05, 4.69) is 20.0 Å². The van der Waals surface area contributed by atoms with E-state index in [0.717, 1.165) is 13.1 Å². The highest BCUT2D eigenvalue weighted by molar-refractivity contribution is 5.89. The minimum absolute atomic E-state index is 0.373. The molecule has 8 nitrogen and oxygen atoms in total. The Hall–Kier alpha value is -2.09. The van der Waals surface area contributed by atoms with Gasteiger partial charge in [0.2, 0.25) is 11.8 Å². The lowest BCUT2D eigenvalue weighted by Crippen LogP contribution is -2.37. The highest BCUT2D eigenvalue weighted by atomic mass is 16.5. The van der Waals surface area contributed by atoms with Gasteiger partial charge in [-0.25, -0.2) is 9.67 Å². The van der Waals surface area contributed by atoms with Crippen LogP contribution in [0.3, 0.4) is 0 Å². The van der Waals surface area contributed by atoms with Gasteiger partial charge in [0.1, 0.15) is 0 Å². The zero-order valence-electron chi connectivity index (χ0n) is 11.7. The van der Waals surface area contributed by atoms with Gasteiger partial charge in [-0.1, -0.05) is 0 Å². The Morgan fingerprint density at radius 3 is 2.70 bits per heavy atom. The first-order valence-corrected chi connectivity index (χ1v) is 6.66. The number of aromatic nitrogens is 4. The fourth-order valence-electron chi connectivity index (χ4n) is 2.26. The first-order chi connectivity index (χ1) is 9.70. The van der Waals surface area contributed by atoms with Crippen LogP contribution in [0.2, 0.25) is 0 Å². The molecule has 1 saturated heterocycles. The van der Waals surface area contributed by atoms with Crippen molar-refractivity contribution in [3.63, 3.8) is 0 Å². The van der Waals surface area contributed by atoms with Crippen LogP contribution in [0.5, 0.6) is 5.88 Å². The predicted octanol–water partition coefficient (Wildman–Crippen LogP) is 0.181. The number of nitrogen functional groups attached to an aromatic ring is 1. The smallest absolute Gasteiger partial charge is 0.239 e. The number of hydrogen-bond donors (Lipinski definition) is 1. The van der Waals surface area contributed by atoms with Gasteiger partial charge in [0.25, 0.3) is 0 Å². The van der Waals surface area contributed by atoms with Gasteiger partial charge < -0.3 is 20.1 Å². The second-order valence-electron chi connectivity index (χ2n) is 4.57. The van der Waals surface area contributed by atoms with Gasteiger partial charge in [-0.3, -0.25) is 0 Å². The Balaban J connectivity index is 2.08. The van der Waals surface area contributed by atoms with Crippen LogP contribution < -0.4 is 15.4 Å². The number of aryl methyl sites for hydroxylation is 1. The predicted molar refractivity (Wildman–Crippen MR) is 74.9 cm³/mol. The first kappa shape index (κ1) is 12.9. The van der Waals surface area contributed by atoms with Gasteiger partial charge in [0.15, 0.2) is 16.9 Å². The third-order valence-corrected chi connectivity index (χ3v) is 3.22. The van der Waals surface area contributed by atoms with Crippen LogP contribution in [0.4, 0.5) is 11.8 Å². The average molecular weight is 278 g/mol. The van der Waals surface area contributed by atoms with E-state index in [1.807, 2.05) is 6.92 Å². The number of ether oxygens (including phenoxy) is 2. The van der Waals surface area contributed by atoms with E-state index in [-0.39, 0.29) is 0 Å². The van der Waals surface area contributed by atoms with Gasteiger partial charge in [-0.05, 0) is 6.92 Å². The van der Waals surface area contributed by atoms with Crippen LogP contribution in [0, 0.1) is 0 Å². The molecule has 1 aliphatic heterocycles. The molecule has 0 aliphatic carbocycles. The molecule has 0 unspecified atom stereocenters. The number of rotatable bonds is 3. The number of nitrogens with zero attached hydrogens (tertiary/aromatic N) is 5. The van der Waals surface area contributed by atoms with Crippen molar-refractivity contribution in [2.24, 2.45) is 7.05 Å². The van der Waals surface area contributed by atoms with Crippen LogP contribution in [0.15, 0.2) is 0 Å². The summed E-state index contributed by atoms with van der Waals surface area (Å²) in [5.41, 5.74) is 7.23. The number of anilines is 2. The monoisotopic (exact) mass is 278 g/mol. The van der Waals surface area contributed by atoms with E-state index >= 15 is 0 Å². The van der Waals surface area contributed by atoms with Crippen molar-refractivity contribution < 1.29 is 9.47 Å². The minimum Gasteiger partial charge on any atom is -0.477 e. The topological polar surface area (TPSA) is 91.3 Å². The van der Waals surface area contributed by atoms with Crippen molar-refractivity contribution in [2.75, 3.05) is 43.5 Å². The van der Waals surface area contributed by atoms with Crippen LogP contribution >= 0.6 is 0 Å². The van der Waals surface area contributed by atoms with Gasteiger partial charge >= 0.3 is 0 Å². The molecule has 3 rings (SSSR count). The summed E-state index contributed by atoms with van der Waals surface area (Å²) >= 11 is 0. The molecular weight excluding hydrogens is 260 g/mol. The lowest BCUT2D eigenvalue weighted by molar-refractivity contribution is 0.122. The normalized spacial score (nSPS) is 15.8. The second kappa shape index (κ2) is 5.12. The number of fused-ring (bicyclic) bond motifs is 1. The van der Waals surface area contributed by atoms with E-state index in [0.29, 0.717) is 48.5 Å². The highest BCUT2D eigenvalue weighted by Crippen LogP contribution is 2.28. The lowest BCUT2D eigenvalue weighted by atomic mass is 10.4. The lowest BCUT2D eigenvalue weighted by Gasteiger charge is -2.26. The third kappa shape index (κ3) is 2.11. The molecule has 2 aromatic rings. The Kier molecular flexibility index (Phi) is 3.31. The molecule has 0 atom stereocenters. The summed E-state index contributed by atoms with van der Waals surface area (Å²) in [5, 5.41) is 4.32. The molecule has 0 saturated carbocycles. The highest BCUT2D eigenvalue weighted by Gasteiger charge is 2.20. The quantitative estimate of drug-likeness (QED) is 0.856. The summed E-state index contributed by atoms with van der Waals surface area (Å²) in [7, 11) is 1.81. The molecule has 108 valence electrons. The van der Waals surface area contributed by atoms with E-state index in [1.165, 1.54) is 0 Å². The summed E-state index contributed by atoms with van der Waals surface area (Å²) in [5.74, 6) is 1.59. The van der Waals surface area contributed by atoms with Crippen LogP contribution in [0.1, 0.15) is 6.92 Å². The molecule has 0 bridgehead atoms. The Morgan fingerprint density at radius 2 is 2.00 bits per heavy atom. The third-order valence-electron chi connectivity index (χ3n) is 3.22. The molecule has 0 amide bonds. The Morgan fingerprint density at radius 1 is 1.25 bits per heavy atom. The number of morpholine rings is 1. The molecule has 1 aliphatic rings. The van der Waals surface area contributed by atoms with Gasteiger partial charge in [-0.15, -0.1) is 0 Å². The average Bonchev–Trinajstić information content (AvgIpc) is 2.78. The van der Waals surface area contributed by atoms with E-state index in [9.17, 15) is 0 Å². The molecule has 0 radical (unpaired) electrons. The molecule has 20 heavy (non-hydrogen) atoms. The second-order valence-corrected chi connectivity index (χ2v) is 4.57. The molecule has 0 aromatic carbocycles. The molecule has 2 aromatic heterocycles. The number of nitrogens with two attached hydrogens (primary N) is 1. The molecule has 1 fully saturated rings. The van der Waals surface area contributed by atoms with Gasteiger partial charge in [0.05, 0.1) is 19.8 Å². The molecule has 3 heterocycles. The maximum Gasteiger partial charge on any atom is 0.239 e. The van der Waals surface area contributed by atoms with Crippen molar-refractivity contribution in [1.29, 1.82) is 0 Å². The van der Waals surface area contributed by atoms with E-state index in [4.69, 9.17) is 15.2 Å². The van der Waals surface area contributed by atoms with Crippen LogP contribution in [-0.4, -0.2) is 52.7 Å². The molecular formula is C12H18N6O2.